The molecule has 0 unspecified atom stereocenters. The number of hydrogen-bond acceptors (Lipinski definition) is 2. The lowest BCUT2D eigenvalue weighted by Crippen LogP contribution is -2.25. The number of ether oxygens (including phenoxy) is 1. The van der Waals surface area contributed by atoms with Gasteiger partial charge in [0.1, 0.15) is 17.2 Å². The quantitative estimate of drug-likeness (QED) is 0.641. The molecule has 3 nitrogen and oxygen atoms in total. The van der Waals surface area contributed by atoms with Crippen molar-refractivity contribution < 1.29 is 4.74 Å². The van der Waals surface area contributed by atoms with Gasteiger partial charge in [-0.05, 0) is 39.0 Å². The van der Waals surface area contributed by atoms with Crippen molar-refractivity contribution in [1.29, 1.82) is 5.41 Å². The summed E-state index contributed by atoms with van der Waals surface area (Å²) in [4.78, 5) is 0. The number of halogens is 1. The van der Waals surface area contributed by atoms with Gasteiger partial charge < -0.3 is 10.5 Å². The SMILES string of the molecule is CC(C)(C)Oc1ccc(Br)cc1C(=N)N. The number of hydrogen-bond donors (Lipinski definition) is 2. The molecule has 0 saturated carbocycles. The van der Waals surface area contributed by atoms with Crippen LogP contribution in [0, 0.1) is 5.41 Å². The van der Waals surface area contributed by atoms with Gasteiger partial charge in [-0.3, -0.25) is 5.41 Å². The number of nitrogens with one attached hydrogen (secondary N) is 1. The highest BCUT2D eigenvalue weighted by Crippen LogP contribution is 2.26. The number of amidine groups is 1. The van der Waals surface area contributed by atoms with Crippen LogP contribution in [0.25, 0.3) is 0 Å². The van der Waals surface area contributed by atoms with Gasteiger partial charge in [0.25, 0.3) is 0 Å². The third-order valence-corrected chi connectivity index (χ3v) is 2.14. The molecule has 82 valence electrons. The molecule has 0 atom stereocenters. The lowest BCUT2D eigenvalue weighted by molar-refractivity contribution is 0.130. The molecule has 0 saturated heterocycles. The zero-order valence-corrected chi connectivity index (χ0v) is 10.7. The van der Waals surface area contributed by atoms with E-state index in [1.165, 1.54) is 0 Å². The van der Waals surface area contributed by atoms with E-state index in [-0.39, 0.29) is 11.4 Å². The third-order valence-electron chi connectivity index (χ3n) is 1.65. The Bertz CT molecular complexity index is 383. The molecular formula is C11H15BrN2O. The minimum atomic E-state index is -0.294. The molecule has 1 aromatic rings. The summed E-state index contributed by atoms with van der Waals surface area (Å²) in [5, 5.41) is 7.46. The first-order chi connectivity index (χ1) is 6.79. The summed E-state index contributed by atoms with van der Waals surface area (Å²) in [6.07, 6.45) is 0. The summed E-state index contributed by atoms with van der Waals surface area (Å²) < 4.78 is 6.59. The van der Waals surface area contributed by atoms with Gasteiger partial charge in [-0.2, -0.15) is 0 Å². The third kappa shape index (κ3) is 3.55. The fraction of sp³-hybridized carbons (Fsp3) is 0.364. The number of benzene rings is 1. The van der Waals surface area contributed by atoms with Crippen LogP contribution in [0.1, 0.15) is 26.3 Å². The molecule has 0 heterocycles. The molecule has 0 radical (unpaired) electrons. The topological polar surface area (TPSA) is 59.1 Å². The van der Waals surface area contributed by atoms with Gasteiger partial charge in [0.15, 0.2) is 0 Å². The molecule has 0 aliphatic carbocycles. The van der Waals surface area contributed by atoms with E-state index in [9.17, 15) is 0 Å². The predicted molar refractivity (Wildman–Crippen MR) is 65.5 cm³/mol. The highest BCUT2D eigenvalue weighted by atomic mass is 79.9. The van der Waals surface area contributed by atoms with Crippen LogP contribution in [0.2, 0.25) is 0 Å². The molecule has 0 aliphatic rings. The van der Waals surface area contributed by atoms with E-state index < -0.39 is 0 Å². The molecule has 1 aromatic carbocycles. The maximum Gasteiger partial charge on any atom is 0.131 e. The van der Waals surface area contributed by atoms with E-state index in [1.807, 2.05) is 32.9 Å². The summed E-state index contributed by atoms with van der Waals surface area (Å²) in [5.74, 6) is 0.647. The fourth-order valence-electron chi connectivity index (χ4n) is 1.13. The van der Waals surface area contributed by atoms with Crippen molar-refractivity contribution in [1.82, 2.24) is 0 Å². The number of nitrogens with two attached hydrogens (primary N) is 1. The maximum absolute atomic E-state index is 7.46. The molecule has 15 heavy (non-hydrogen) atoms. The average Bonchev–Trinajstić information content (AvgIpc) is 2.05. The molecule has 0 fully saturated rings. The van der Waals surface area contributed by atoms with E-state index in [1.54, 1.807) is 6.07 Å². The van der Waals surface area contributed by atoms with E-state index >= 15 is 0 Å². The van der Waals surface area contributed by atoms with E-state index in [0.717, 1.165) is 4.47 Å². The normalized spacial score (nSPS) is 11.2. The molecule has 0 spiro atoms. The summed E-state index contributed by atoms with van der Waals surface area (Å²) in [6, 6.07) is 5.46. The van der Waals surface area contributed by atoms with Crippen molar-refractivity contribution in [3.63, 3.8) is 0 Å². The second-order valence-corrected chi connectivity index (χ2v) is 5.18. The van der Waals surface area contributed by atoms with Crippen molar-refractivity contribution in [2.24, 2.45) is 5.73 Å². The molecule has 0 bridgehead atoms. The van der Waals surface area contributed by atoms with E-state index in [4.69, 9.17) is 15.9 Å². The van der Waals surface area contributed by atoms with Crippen molar-refractivity contribution in [2.75, 3.05) is 0 Å². The van der Waals surface area contributed by atoms with Crippen LogP contribution < -0.4 is 10.5 Å². The Labute approximate surface area is 98.3 Å². The second-order valence-electron chi connectivity index (χ2n) is 4.27. The number of rotatable bonds is 2. The van der Waals surface area contributed by atoms with Gasteiger partial charge in [-0.15, -0.1) is 0 Å². The zero-order valence-electron chi connectivity index (χ0n) is 9.10. The summed E-state index contributed by atoms with van der Waals surface area (Å²) in [7, 11) is 0. The van der Waals surface area contributed by atoms with Crippen LogP contribution in [0.5, 0.6) is 5.75 Å². The predicted octanol–water partition coefficient (Wildman–Crippen LogP) is 2.91. The van der Waals surface area contributed by atoms with E-state index in [0.29, 0.717) is 11.3 Å². The highest BCUT2D eigenvalue weighted by Gasteiger charge is 2.15. The Kier molecular flexibility index (Phi) is 3.39. The first-order valence-electron chi connectivity index (χ1n) is 4.62. The highest BCUT2D eigenvalue weighted by molar-refractivity contribution is 9.10. The van der Waals surface area contributed by atoms with Crippen LogP contribution >= 0.6 is 15.9 Å². The van der Waals surface area contributed by atoms with Crippen LogP contribution in [0.3, 0.4) is 0 Å². The van der Waals surface area contributed by atoms with Gasteiger partial charge in [-0.25, -0.2) is 0 Å². The average molecular weight is 271 g/mol. The summed E-state index contributed by atoms with van der Waals surface area (Å²) in [5.41, 5.74) is 5.80. The molecule has 0 aliphatic heterocycles. The van der Waals surface area contributed by atoms with Crippen molar-refractivity contribution in [3.05, 3.63) is 28.2 Å². The van der Waals surface area contributed by atoms with Gasteiger partial charge in [0, 0.05) is 4.47 Å². The van der Waals surface area contributed by atoms with Gasteiger partial charge >= 0.3 is 0 Å². The molecule has 0 aromatic heterocycles. The monoisotopic (exact) mass is 270 g/mol. The van der Waals surface area contributed by atoms with Gasteiger partial charge in [-0.1, -0.05) is 15.9 Å². The molecular weight excluding hydrogens is 256 g/mol. The Morgan fingerprint density at radius 2 is 2.00 bits per heavy atom. The largest absolute Gasteiger partial charge is 0.487 e. The summed E-state index contributed by atoms with van der Waals surface area (Å²) in [6.45, 7) is 5.87. The maximum atomic E-state index is 7.46. The Morgan fingerprint density at radius 1 is 1.40 bits per heavy atom. The lowest BCUT2D eigenvalue weighted by atomic mass is 10.1. The van der Waals surface area contributed by atoms with Crippen molar-refractivity contribution in [3.8, 4) is 5.75 Å². The Balaban J connectivity index is 3.12. The van der Waals surface area contributed by atoms with E-state index in [2.05, 4.69) is 15.9 Å². The first-order valence-corrected chi connectivity index (χ1v) is 5.42. The molecule has 0 amide bonds. The van der Waals surface area contributed by atoms with Crippen LogP contribution in [-0.2, 0) is 0 Å². The molecule has 4 heteroatoms. The second kappa shape index (κ2) is 4.23. The minimum absolute atomic E-state index is 0.00977. The Hall–Kier alpha value is -1.03. The van der Waals surface area contributed by atoms with Gasteiger partial charge in [0.05, 0.1) is 5.56 Å². The van der Waals surface area contributed by atoms with Crippen LogP contribution in [0.15, 0.2) is 22.7 Å². The smallest absolute Gasteiger partial charge is 0.131 e. The fourth-order valence-corrected chi connectivity index (χ4v) is 1.49. The van der Waals surface area contributed by atoms with Gasteiger partial charge in [0.2, 0.25) is 0 Å². The standard InChI is InChI=1S/C11H15BrN2O/c1-11(2,3)15-9-5-4-7(12)6-8(9)10(13)14/h4-6H,1-3H3,(H3,13,14). The molecule has 1 rings (SSSR count). The van der Waals surface area contributed by atoms with Crippen LogP contribution in [0.4, 0.5) is 0 Å². The lowest BCUT2D eigenvalue weighted by Gasteiger charge is -2.23. The zero-order chi connectivity index (χ0) is 11.6. The minimum Gasteiger partial charge on any atom is -0.487 e. The number of nitrogen functional groups attached to an aromatic ring is 1. The van der Waals surface area contributed by atoms with Crippen molar-refractivity contribution in [2.45, 2.75) is 26.4 Å². The Morgan fingerprint density at radius 3 is 2.47 bits per heavy atom. The summed E-state index contributed by atoms with van der Waals surface area (Å²) >= 11 is 3.34. The van der Waals surface area contributed by atoms with Crippen molar-refractivity contribution >= 4 is 21.8 Å². The van der Waals surface area contributed by atoms with Crippen LogP contribution in [-0.4, -0.2) is 11.4 Å². The first kappa shape index (κ1) is 12.0. The molecule has 3 N–H and O–H groups in total.